The van der Waals surface area contributed by atoms with Crippen molar-refractivity contribution in [2.75, 3.05) is 0 Å². The first-order chi connectivity index (χ1) is 8.28. The molecule has 0 aliphatic heterocycles. The Morgan fingerprint density at radius 2 is 1.94 bits per heavy atom. The Hall–Kier alpha value is -0.590. The molecule has 0 bridgehead atoms. The Balaban J connectivity index is 2.39. The van der Waals surface area contributed by atoms with Crippen LogP contribution in [0, 0.1) is 22.7 Å². The number of ketones is 1. The van der Waals surface area contributed by atoms with E-state index in [4.69, 9.17) is 0 Å². The molecule has 1 heteroatoms. The van der Waals surface area contributed by atoms with E-state index in [1.165, 1.54) is 24.8 Å². The topological polar surface area (TPSA) is 17.1 Å². The van der Waals surface area contributed by atoms with E-state index in [1.807, 2.05) is 0 Å². The minimum absolute atomic E-state index is 0.260. The van der Waals surface area contributed by atoms with Gasteiger partial charge in [-0.15, -0.1) is 0 Å². The van der Waals surface area contributed by atoms with E-state index in [2.05, 4.69) is 33.8 Å². The van der Waals surface area contributed by atoms with Crippen molar-refractivity contribution in [2.45, 2.75) is 66.7 Å². The lowest BCUT2D eigenvalue weighted by molar-refractivity contribution is -0.125. The van der Waals surface area contributed by atoms with Gasteiger partial charge in [0.15, 0.2) is 0 Å². The highest BCUT2D eigenvalue weighted by Crippen LogP contribution is 2.60. The molecule has 1 nitrogen and oxygen atoms in total. The van der Waals surface area contributed by atoms with Crippen molar-refractivity contribution in [3.05, 3.63) is 11.6 Å². The quantitative estimate of drug-likeness (QED) is 0.644. The standard InChI is InChI=1S/C17H28O/c1-12-7-8-14(13(2)18)15(11-12)17(5)10-6-9-16(17,3)4/h11,14-15H,6-10H2,1-5H3/t14-,15-,17-/m0/s1. The number of Topliss-reactive ketones (excluding diaryl/α,β-unsaturated/α-hetero) is 1. The van der Waals surface area contributed by atoms with Gasteiger partial charge < -0.3 is 0 Å². The molecule has 0 aromatic carbocycles. The summed E-state index contributed by atoms with van der Waals surface area (Å²) in [6.45, 7) is 11.2. The summed E-state index contributed by atoms with van der Waals surface area (Å²) in [5, 5.41) is 0. The van der Waals surface area contributed by atoms with Crippen LogP contribution >= 0.6 is 0 Å². The normalized spacial score (nSPS) is 39.5. The van der Waals surface area contributed by atoms with Crippen LogP contribution in [-0.2, 0) is 4.79 Å². The van der Waals surface area contributed by atoms with Crippen LogP contribution in [0.25, 0.3) is 0 Å². The zero-order valence-electron chi connectivity index (χ0n) is 12.7. The van der Waals surface area contributed by atoms with E-state index < -0.39 is 0 Å². The van der Waals surface area contributed by atoms with Crippen LogP contribution in [-0.4, -0.2) is 5.78 Å². The molecule has 18 heavy (non-hydrogen) atoms. The maximum Gasteiger partial charge on any atom is 0.133 e. The molecular formula is C17H28O. The van der Waals surface area contributed by atoms with Crippen LogP contribution in [0.1, 0.15) is 66.7 Å². The number of hydrogen-bond donors (Lipinski definition) is 0. The molecule has 102 valence electrons. The molecule has 2 aliphatic rings. The summed E-state index contributed by atoms with van der Waals surface area (Å²) < 4.78 is 0. The minimum atomic E-state index is 0.260. The highest BCUT2D eigenvalue weighted by atomic mass is 16.1. The zero-order valence-corrected chi connectivity index (χ0v) is 12.7. The van der Waals surface area contributed by atoms with Crippen LogP contribution in [0.5, 0.6) is 0 Å². The molecule has 0 saturated heterocycles. The number of rotatable bonds is 2. The lowest BCUT2D eigenvalue weighted by Gasteiger charge is -2.48. The van der Waals surface area contributed by atoms with Gasteiger partial charge >= 0.3 is 0 Å². The SMILES string of the molecule is CC(=O)[C@@H]1CCC(C)=C[C@@H]1[C@]1(C)CCCC1(C)C. The summed E-state index contributed by atoms with van der Waals surface area (Å²) in [7, 11) is 0. The predicted octanol–water partition coefficient (Wildman–Crippen LogP) is 4.76. The van der Waals surface area contributed by atoms with Crippen molar-refractivity contribution >= 4 is 5.78 Å². The molecule has 0 N–H and O–H groups in total. The van der Waals surface area contributed by atoms with Crippen molar-refractivity contribution in [3.8, 4) is 0 Å². The fraction of sp³-hybridized carbons (Fsp3) is 0.824. The largest absolute Gasteiger partial charge is 0.300 e. The van der Waals surface area contributed by atoms with E-state index in [0.29, 0.717) is 22.5 Å². The first-order valence-corrected chi connectivity index (χ1v) is 7.46. The zero-order chi connectivity index (χ0) is 13.6. The second kappa shape index (κ2) is 4.51. The van der Waals surface area contributed by atoms with Gasteiger partial charge in [0.2, 0.25) is 0 Å². The Kier molecular flexibility index (Phi) is 3.46. The molecule has 0 aromatic rings. The van der Waals surface area contributed by atoms with Crippen LogP contribution in [0.3, 0.4) is 0 Å². The van der Waals surface area contributed by atoms with Crippen molar-refractivity contribution in [2.24, 2.45) is 22.7 Å². The lowest BCUT2D eigenvalue weighted by Crippen LogP contribution is -2.43. The van der Waals surface area contributed by atoms with Gasteiger partial charge in [-0.1, -0.05) is 38.8 Å². The van der Waals surface area contributed by atoms with E-state index in [1.54, 1.807) is 6.92 Å². The van der Waals surface area contributed by atoms with E-state index in [9.17, 15) is 4.79 Å². The smallest absolute Gasteiger partial charge is 0.133 e. The highest BCUT2D eigenvalue weighted by Gasteiger charge is 2.52. The summed E-state index contributed by atoms with van der Waals surface area (Å²) in [5.41, 5.74) is 2.14. The average molecular weight is 248 g/mol. The molecule has 1 saturated carbocycles. The van der Waals surface area contributed by atoms with Crippen LogP contribution in [0.4, 0.5) is 0 Å². The summed E-state index contributed by atoms with van der Waals surface area (Å²) in [6, 6.07) is 0. The molecule has 0 radical (unpaired) electrons. The maximum absolute atomic E-state index is 12.0. The monoisotopic (exact) mass is 248 g/mol. The van der Waals surface area contributed by atoms with Gasteiger partial charge in [0, 0.05) is 5.92 Å². The van der Waals surface area contributed by atoms with Gasteiger partial charge in [0.05, 0.1) is 0 Å². The third-order valence-electron chi connectivity index (χ3n) is 6.05. The van der Waals surface area contributed by atoms with Crippen LogP contribution in [0.2, 0.25) is 0 Å². The van der Waals surface area contributed by atoms with E-state index in [0.717, 1.165) is 12.8 Å². The molecule has 2 aliphatic carbocycles. The third kappa shape index (κ3) is 2.06. The third-order valence-corrected chi connectivity index (χ3v) is 6.05. The Morgan fingerprint density at radius 3 is 2.44 bits per heavy atom. The Bertz CT molecular complexity index is 377. The van der Waals surface area contributed by atoms with Crippen molar-refractivity contribution in [1.82, 2.24) is 0 Å². The van der Waals surface area contributed by atoms with Crippen molar-refractivity contribution in [1.29, 1.82) is 0 Å². The second-order valence-electron chi connectivity index (χ2n) is 7.45. The van der Waals surface area contributed by atoms with E-state index in [-0.39, 0.29) is 5.92 Å². The fourth-order valence-electron chi connectivity index (χ4n) is 4.29. The fourth-order valence-corrected chi connectivity index (χ4v) is 4.29. The molecule has 0 aromatic heterocycles. The molecule has 1 fully saturated rings. The molecular weight excluding hydrogens is 220 g/mol. The molecule has 0 spiro atoms. The van der Waals surface area contributed by atoms with Crippen molar-refractivity contribution in [3.63, 3.8) is 0 Å². The lowest BCUT2D eigenvalue weighted by atomic mass is 9.56. The van der Waals surface area contributed by atoms with Crippen LogP contribution in [0.15, 0.2) is 11.6 Å². The number of hydrogen-bond acceptors (Lipinski definition) is 1. The van der Waals surface area contributed by atoms with Gasteiger partial charge in [0.1, 0.15) is 5.78 Å². The summed E-state index contributed by atoms with van der Waals surface area (Å²) >= 11 is 0. The first kappa shape index (κ1) is 13.8. The van der Waals surface area contributed by atoms with Gasteiger partial charge in [-0.3, -0.25) is 4.79 Å². The molecule has 0 heterocycles. The van der Waals surface area contributed by atoms with Gasteiger partial charge in [-0.25, -0.2) is 0 Å². The highest BCUT2D eigenvalue weighted by molar-refractivity contribution is 5.79. The molecule has 2 rings (SSSR count). The summed E-state index contributed by atoms with van der Waals surface area (Å²) in [4.78, 5) is 12.0. The Morgan fingerprint density at radius 1 is 1.28 bits per heavy atom. The van der Waals surface area contributed by atoms with Crippen LogP contribution < -0.4 is 0 Å². The average Bonchev–Trinajstić information content (AvgIpc) is 2.54. The molecule has 0 unspecified atom stereocenters. The predicted molar refractivity (Wildman–Crippen MR) is 76.4 cm³/mol. The van der Waals surface area contributed by atoms with Gasteiger partial charge in [0.25, 0.3) is 0 Å². The van der Waals surface area contributed by atoms with Gasteiger partial charge in [-0.2, -0.15) is 0 Å². The minimum Gasteiger partial charge on any atom is -0.300 e. The Labute approximate surface area is 112 Å². The number of carbonyl (C=O) groups is 1. The van der Waals surface area contributed by atoms with E-state index >= 15 is 0 Å². The summed E-state index contributed by atoms with van der Waals surface area (Å²) in [5.74, 6) is 1.12. The maximum atomic E-state index is 12.0. The molecule has 0 amide bonds. The van der Waals surface area contributed by atoms with Crippen molar-refractivity contribution < 1.29 is 4.79 Å². The molecule has 3 atom stereocenters. The number of carbonyl (C=O) groups excluding carboxylic acids is 1. The number of allylic oxidation sites excluding steroid dienone is 2. The first-order valence-electron chi connectivity index (χ1n) is 7.46. The summed E-state index contributed by atoms with van der Waals surface area (Å²) in [6.07, 6.45) is 8.50. The second-order valence-corrected chi connectivity index (χ2v) is 7.45. The van der Waals surface area contributed by atoms with Gasteiger partial charge in [-0.05, 0) is 56.3 Å².